The molecule has 0 aliphatic carbocycles. The smallest absolute Gasteiger partial charge is 0.0783 e. The maximum atomic E-state index is 2.31. The van der Waals surface area contributed by atoms with Gasteiger partial charge in [-0.05, 0) is 25.7 Å². The molecule has 0 fully saturated rings. The third-order valence-electron chi connectivity index (χ3n) is 2.79. The molecule has 120 valence electrons. The van der Waals surface area contributed by atoms with Crippen LogP contribution in [0.2, 0.25) is 0 Å². The Morgan fingerprint density at radius 3 is 0.833 bits per heavy atom. The molecule has 0 aromatic heterocycles. The number of rotatable bonds is 8. The van der Waals surface area contributed by atoms with Crippen LogP contribution in [0.5, 0.6) is 0 Å². The SMILES string of the molecule is CCC[N+](CCC)(CCC)CCC.O.O.O.[OH-].[Ru]. The summed E-state index contributed by atoms with van der Waals surface area (Å²) in [6, 6.07) is 0. The van der Waals surface area contributed by atoms with Crippen LogP contribution in [0.4, 0.5) is 0 Å². The molecule has 0 spiro atoms. The first kappa shape index (κ1) is 36.2. The van der Waals surface area contributed by atoms with Crippen molar-refractivity contribution in [2.24, 2.45) is 0 Å². The molecule has 0 saturated heterocycles. The monoisotopic (exact) mass is 359 g/mol. The molecule has 0 saturated carbocycles. The Morgan fingerprint density at radius 2 is 0.722 bits per heavy atom. The van der Waals surface area contributed by atoms with Gasteiger partial charge >= 0.3 is 0 Å². The number of hydrogen-bond donors (Lipinski definition) is 0. The Bertz CT molecular complexity index is 99.1. The van der Waals surface area contributed by atoms with E-state index in [2.05, 4.69) is 27.7 Å². The average molecular weight is 358 g/mol. The van der Waals surface area contributed by atoms with Crippen LogP contribution in [0, 0.1) is 0 Å². The molecular formula is C12H35NO4Ru. The van der Waals surface area contributed by atoms with Gasteiger partial charge in [0.1, 0.15) is 0 Å². The molecule has 0 heterocycles. The van der Waals surface area contributed by atoms with Gasteiger partial charge in [0, 0.05) is 19.5 Å². The zero-order valence-corrected chi connectivity index (χ0v) is 14.1. The van der Waals surface area contributed by atoms with Crippen molar-refractivity contribution in [1.29, 1.82) is 0 Å². The van der Waals surface area contributed by atoms with Gasteiger partial charge < -0.3 is 26.4 Å². The van der Waals surface area contributed by atoms with Crippen LogP contribution in [-0.4, -0.2) is 52.6 Å². The van der Waals surface area contributed by atoms with E-state index in [9.17, 15) is 0 Å². The van der Waals surface area contributed by atoms with Crippen molar-refractivity contribution >= 4 is 0 Å². The predicted molar refractivity (Wildman–Crippen MR) is 73.7 cm³/mol. The molecule has 6 heteroatoms. The van der Waals surface area contributed by atoms with E-state index >= 15 is 0 Å². The van der Waals surface area contributed by atoms with Crippen molar-refractivity contribution in [2.45, 2.75) is 53.4 Å². The minimum Gasteiger partial charge on any atom is -0.870 e. The first-order valence-electron chi connectivity index (χ1n) is 6.09. The molecular weight excluding hydrogens is 323 g/mol. The third-order valence-corrected chi connectivity index (χ3v) is 2.79. The van der Waals surface area contributed by atoms with E-state index in [1.807, 2.05) is 0 Å². The quantitative estimate of drug-likeness (QED) is 0.462. The van der Waals surface area contributed by atoms with Crippen molar-refractivity contribution in [2.75, 3.05) is 26.2 Å². The van der Waals surface area contributed by atoms with E-state index in [1.54, 1.807) is 0 Å². The van der Waals surface area contributed by atoms with Crippen molar-refractivity contribution in [1.82, 2.24) is 0 Å². The molecule has 0 radical (unpaired) electrons. The summed E-state index contributed by atoms with van der Waals surface area (Å²) >= 11 is 0. The molecule has 18 heavy (non-hydrogen) atoms. The maximum Gasteiger partial charge on any atom is 0.0783 e. The van der Waals surface area contributed by atoms with Crippen LogP contribution in [0.3, 0.4) is 0 Å². The van der Waals surface area contributed by atoms with Crippen molar-refractivity contribution in [3.05, 3.63) is 0 Å². The molecule has 0 aromatic rings. The molecule has 0 atom stereocenters. The van der Waals surface area contributed by atoms with Gasteiger partial charge in [0.05, 0.1) is 26.2 Å². The molecule has 0 unspecified atom stereocenters. The fraction of sp³-hybridized carbons (Fsp3) is 1.00. The minimum atomic E-state index is 0. The summed E-state index contributed by atoms with van der Waals surface area (Å²) in [6.07, 6.45) is 5.33. The van der Waals surface area contributed by atoms with Crippen molar-refractivity contribution in [3.63, 3.8) is 0 Å². The summed E-state index contributed by atoms with van der Waals surface area (Å²) in [5.74, 6) is 0. The zero-order valence-electron chi connectivity index (χ0n) is 12.4. The summed E-state index contributed by atoms with van der Waals surface area (Å²) in [5.41, 5.74) is 0. The summed E-state index contributed by atoms with van der Waals surface area (Å²) in [5, 5.41) is 0. The fourth-order valence-electron chi connectivity index (χ4n) is 2.57. The average Bonchev–Trinajstić information content (AvgIpc) is 2.06. The van der Waals surface area contributed by atoms with E-state index in [0.29, 0.717) is 0 Å². The second kappa shape index (κ2) is 22.6. The van der Waals surface area contributed by atoms with Crippen LogP contribution in [0.15, 0.2) is 0 Å². The normalized spacial score (nSPS) is 8.67. The number of quaternary nitrogens is 1. The second-order valence-corrected chi connectivity index (χ2v) is 4.24. The van der Waals surface area contributed by atoms with Gasteiger partial charge in [-0.25, -0.2) is 0 Å². The van der Waals surface area contributed by atoms with Crippen LogP contribution in [0.25, 0.3) is 0 Å². The Hall–Kier alpha value is 0.423. The Balaban J connectivity index is -0.0000000720. The molecule has 0 aliphatic heterocycles. The Labute approximate surface area is 126 Å². The molecule has 0 aliphatic rings. The second-order valence-electron chi connectivity index (χ2n) is 4.24. The van der Waals surface area contributed by atoms with Crippen molar-refractivity contribution in [3.8, 4) is 0 Å². The van der Waals surface area contributed by atoms with Gasteiger partial charge in [0.25, 0.3) is 0 Å². The van der Waals surface area contributed by atoms with Gasteiger partial charge in [-0.1, -0.05) is 27.7 Å². The third kappa shape index (κ3) is 14.5. The topological polar surface area (TPSA) is 124 Å². The summed E-state index contributed by atoms with van der Waals surface area (Å²) in [7, 11) is 0. The summed E-state index contributed by atoms with van der Waals surface area (Å²) in [4.78, 5) is 0. The Morgan fingerprint density at radius 1 is 0.556 bits per heavy atom. The first-order valence-corrected chi connectivity index (χ1v) is 6.09. The Kier molecular flexibility index (Phi) is 45.5. The van der Waals surface area contributed by atoms with E-state index in [0.717, 1.165) is 0 Å². The zero-order chi connectivity index (χ0) is 10.2. The number of nitrogens with zero attached hydrogens (tertiary/aromatic N) is 1. The molecule has 7 N–H and O–H groups in total. The first-order chi connectivity index (χ1) is 6.24. The molecule has 0 amide bonds. The van der Waals surface area contributed by atoms with Gasteiger partial charge in [0.2, 0.25) is 0 Å². The van der Waals surface area contributed by atoms with E-state index in [1.165, 1.54) is 56.3 Å². The summed E-state index contributed by atoms with van der Waals surface area (Å²) < 4.78 is 1.38. The van der Waals surface area contributed by atoms with E-state index < -0.39 is 0 Å². The largest absolute Gasteiger partial charge is 0.870 e. The number of hydrogen-bond acceptors (Lipinski definition) is 1. The summed E-state index contributed by atoms with van der Waals surface area (Å²) in [6.45, 7) is 14.8. The van der Waals surface area contributed by atoms with Gasteiger partial charge in [0.15, 0.2) is 0 Å². The van der Waals surface area contributed by atoms with Gasteiger partial charge in [-0.15, -0.1) is 0 Å². The molecule has 0 rings (SSSR count). The van der Waals surface area contributed by atoms with Gasteiger partial charge in [-0.3, -0.25) is 0 Å². The van der Waals surface area contributed by atoms with Crippen LogP contribution < -0.4 is 0 Å². The van der Waals surface area contributed by atoms with Crippen LogP contribution >= 0.6 is 0 Å². The molecule has 0 aromatic carbocycles. The molecule has 5 nitrogen and oxygen atoms in total. The van der Waals surface area contributed by atoms with E-state index in [4.69, 9.17) is 0 Å². The van der Waals surface area contributed by atoms with Crippen LogP contribution in [-0.2, 0) is 19.5 Å². The fourth-order valence-corrected chi connectivity index (χ4v) is 2.57. The van der Waals surface area contributed by atoms with Crippen LogP contribution in [0.1, 0.15) is 53.4 Å². The van der Waals surface area contributed by atoms with E-state index in [-0.39, 0.29) is 41.4 Å². The predicted octanol–water partition coefficient (Wildman–Crippen LogP) is 0.790. The maximum absolute atomic E-state index is 2.31. The standard InChI is InChI=1S/C12H28N.4H2O.Ru/c1-5-9-13(10-6-2,11-7-3)12-8-4;;;;;/h5-12H2,1-4H3;4*1H2;/q+1;;;;;/p-1. The molecule has 0 bridgehead atoms. The minimum absolute atomic E-state index is 0. The van der Waals surface area contributed by atoms with Crippen molar-refractivity contribution < 1.29 is 45.9 Å². The van der Waals surface area contributed by atoms with Gasteiger partial charge in [-0.2, -0.15) is 0 Å².